The Hall–Kier alpha value is -1.22. The Labute approximate surface area is 120 Å². The molecule has 0 saturated carbocycles. The molecule has 4 heteroatoms. The molecule has 106 valence electrons. The smallest absolute Gasteiger partial charge is 0.339 e. The number of carbonyl (C=O) groups excluding carboxylic acids is 1. The zero-order valence-corrected chi connectivity index (χ0v) is 12.6. The molecule has 0 radical (unpaired) electrons. The molecule has 0 spiro atoms. The number of hydrogen-bond acceptors (Lipinski definition) is 3. The highest BCUT2D eigenvalue weighted by Crippen LogP contribution is 2.23. The van der Waals surface area contributed by atoms with E-state index in [0.717, 1.165) is 12.1 Å². The van der Waals surface area contributed by atoms with Gasteiger partial charge in [0.1, 0.15) is 0 Å². The molecule has 0 aliphatic carbocycles. The first kappa shape index (κ1) is 15.8. The van der Waals surface area contributed by atoms with Gasteiger partial charge in [-0.1, -0.05) is 37.8 Å². The number of methoxy groups -OCH3 is 1. The van der Waals surface area contributed by atoms with Crippen LogP contribution in [0.15, 0.2) is 18.2 Å². The zero-order valence-electron chi connectivity index (χ0n) is 11.8. The molecule has 0 saturated heterocycles. The van der Waals surface area contributed by atoms with E-state index in [4.69, 9.17) is 16.3 Å². The van der Waals surface area contributed by atoms with Crippen molar-refractivity contribution >= 4 is 23.3 Å². The summed E-state index contributed by atoms with van der Waals surface area (Å²) in [6.45, 7) is 4.29. The molecular weight excluding hydrogens is 262 g/mol. The van der Waals surface area contributed by atoms with Crippen LogP contribution in [-0.2, 0) is 4.74 Å². The quantitative estimate of drug-likeness (QED) is 0.591. The summed E-state index contributed by atoms with van der Waals surface area (Å²) < 4.78 is 4.77. The second-order valence-electron chi connectivity index (χ2n) is 4.72. The van der Waals surface area contributed by atoms with Crippen LogP contribution in [0, 0.1) is 0 Å². The number of hydrogen-bond donors (Lipinski definition) is 1. The van der Waals surface area contributed by atoms with E-state index in [2.05, 4.69) is 19.2 Å². The number of benzene rings is 1. The van der Waals surface area contributed by atoms with Gasteiger partial charge < -0.3 is 10.1 Å². The second-order valence-corrected chi connectivity index (χ2v) is 5.16. The highest BCUT2D eigenvalue weighted by atomic mass is 35.5. The third-order valence-corrected chi connectivity index (χ3v) is 3.26. The minimum atomic E-state index is -0.347. The second kappa shape index (κ2) is 8.05. The van der Waals surface area contributed by atoms with Crippen molar-refractivity contribution in [1.29, 1.82) is 0 Å². The van der Waals surface area contributed by atoms with Gasteiger partial charge in [0, 0.05) is 11.1 Å². The molecule has 1 unspecified atom stereocenters. The fourth-order valence-electron chi connectivity index (χ4n) is 1.96. The van der Waals surface area contributed by atoms with E-state index in [1.165, 1.54) is 26.4 Å². The van der Waals surface area contributed by atoms with Crippen molar-refractivity contribution in [2.75, 3.05) is 12.4 Å². The Kier molecular flexibility index (Phi) is 6.71. The molecule has 0 heterocycles. The summed E-state index contributed by atoms with van der Waals surface area (Å²) in [5.41, 5.74) is 1.26. The van der Waals surface area contributed by atoms with Crippen molar-refractivity contribution in [3.8, 4) is 0 Å². The number of esters is 1. The van der Waals surface area contributed by atoms with Crippen LogP contribution in [0.3, 0.4) is 0 Å². The number of halogens is 1. The monoisotopic (exact) mass is 283 g/mol. The lowest BCUT2D eigenvalue weighted by Crippen LogP contribution is -2.17. The lowest BCUT2D eigenvalue weighted by Gasteiger charge is -2.17. The molecule has 0 aromatic heterocycles. The summed E-state index contributed by atoms with van der Waals surface area (Å²) in [6, 6.07) is 5.45. The molecular formula is C15H22ClNO2. The Morgan fingerprint density at radius 1 is 1.42 bits per heavy atom. The van der Waals surface area contributed by atoms with Crippen LogP contribution in [0.25, 0.3) is 0 Å². The van der Waals surface area contributed by atoms with Crippen LogP contribution < -0.4 is 5.32 Å². The van der Waals surface area contributed by atoms with Crippen LogP contribution in [0.4, 0.5) is 5.69 Å². The molecule has 3 nitrogen and oxygen atoms in total. The van der Waals surface area contributed by atoms with Crippen LogP contribution in [0.1, 0.15) is 49.9 Å². The molecule has 1 atom stereocenters. The van der Waals surface area contributed by atoms with Gasteiger partial charge in [0.15, 0.2) is 0 Å². The van der Waals surface area contributed by atoms with Crippen molar-refractivity contribution in [2.45, 2.75) is 45.6 Å². The highest BCUT2D eigenvalue weighted by Gasteiger charge is 2.13. The molecule has 1 aromatic carbocycles. The summed E-state index contributed by atoms with van der Waals surface area (Å²) >= 11 is 5.98. The van der Waals surface area contributed by atoms with Crippen LogP contribution in [-0.4, -0.2) is 19.1 Å². The number of ether oxygens (including phenoxy) is 1. The predicted octanol–water partition coefficient (Wildman–Crippen LogP) is 4.51. The Morgan fingerprint density at radius 2 is 2.16 bits per heavy atom. The van der Waals surface area contributed by atoms with Gasteiger partial charge in [0.25, 0.3) is 0 Å². The molecule has 1 N–H and O–H groups in total. The van der Waals surface area contributed by atoms with E-state index in [1.807, 2.05) is 0 Å². The van der Waals surface area contributed by atoms with E-state index in [9.17, 15) is 4.79 Å². The van der Waals surface area contributed by atoms with Gasteiger partial charge in [0.05, 0.1) is 18.4 Å². The SMILES string of the molecule is CCCCCC(C)Nc1cc(Cl)ccc1C(=O)OC. The fraction of sp³-hybridized carbons (Fsp3) is 0.533. The minimum absolute atomic E-state index is 0.299. The Balaban J connectivity index is 2.75. The van der Waals surface area contributed by atoms with Gasteiger partial charge >= 0.3 is 5.97 Å². The molecule has 0 aliphatic heterocycles. The summed E-state index contributed by atoms with van der Waals surface area (Å²) in [4.78, 5) is 11.7. The Bertz CT molecular complexity index is 421. The molecule has 0 bridgehead atoms. The number of anilines is 1. The van der Waals surface area contributed by atoms with E-state index in [0.29, 0.717) is 16.6 Å². The summed E-state index contributed by atoms with van der Waals surface area (Å²) in [5, 5.41) is 3.95. The van der Waals surface area contributed by atoms with Crippen molar-refractivity contribution in [3.63, 3.8) is 0 Å². The maximum atomic E-state index is 11.7. The molecule has 19 heavy (non-hydrogen) atoms. The molecule has 1 aromatic rings. The average Bonchev–Trinajstić information content (AvgIpc) is 2.38. The summed E-state index contributed by atoms with van der Waals surface area (Å²) in [5.74, 6) is -0.347. The predicted molar refractivity (Wildman–Crippen MR) is 80.0 cm³/mol. The molecule has 0 aliphatic rings. The third kappa shape index (κ3) is 5.11. The first-order chi connectivity index (χ1) is 9.08. The maximum Gasteiger partial charge on any atom is 0.339 e. The normalized spacial score (nSPS) is 12.0. The minimum Gasteiger partial charge on any atom is -0.465 e. The molecule has 1 rings (SSSR count). The fourth-order valence-corrected chi connectivity index (χ4v) is 2.13. The van der Waals surface area contributed by atoms with E-state index in [-0.39, 0.29) is 5.97 Å². The standard InChI is InChI=1S/C15H22ClNO2/c1-4-5-6-7-11(2)17-14-10-12(16)8-9-13(14)15(18)19-3/h8-11,17H,4-7H2,1-3H3. The van der Waals surface area contributed by atoms with Gasteiger partial charge in [-0.2, -0.15) is 0 Å². The van der Waals surface area contributed by atoms with E-state index < -0.39 is 0 Å². The van der Waals surface area contributed by atoms with Crippen molar-refractivity contribution < 1.29 is 9.53 Å². The number of carbonyl (C=O) groups is 1. The largest absolute Gasteiger partial charge is 0.465 e. The molecule has 0 fully saturated rings. The van der Waals surface area contributed by atoms with Crippen molar-refractivity contribution in [2.24, 2.45) is 0 Å². The van der Waals surface area contributed by atoms with Gasteiger partial charge in [-0.15, -0.1) is 0 Å². The molecule has 0 amide bonds. The van der Waals surface area contributed by atoms with Crippen LogP contribution >= 0.6 is 11.6 Å². The van der Waals surface area contributed by atoms with Crippen LogP contribution in [0.5, 0.6) is 0 Å². The van der Waals surface area contributed by atoms with Crippen molar-refractivity contribution in [3.05, 3.63) is 28.8 Å². The first-order valence-electron chi connectivity index (χ1n) is 6.72. The first-order valence-corrected chi connectivity index (χ1v) is 7.10. The highest BCUT2D eigenvalue weighted by molar-refractivity contribution is 6.31. The van der Waals surface area contributed by atoms with Gasteiger partial charge in [0.2, 0.25) is 0 Å². The summed E-state index contributed by atoms with van der Waals surface area (Å²) in [7, 11) is 1.38. The van der Waals surface area contributed by atoms with Gasteiger partial charge in [-0.3, -0.25) is 0 Å². The zero-order chi connectivity index (χ0) is 14.3. The van der Waals surface area contributed by atoms with Crippen LogP contribution in [0.2, 0.25) is 5.02 Å². The van der Waals surface area contributed by atoms with E-state index in [1.54, 1.807) is 18.2 Å². The number of nitrogens with one attached hydrogen (secondary N) is 1. The van der Waals surface area contributed by atoms with Crippen molar-refractivity contribution in [1.82, 2.24) is 0 Å². The number of rotatable bonds is 7. The van der Waals surface area contributed by atoms with Gasteiger partial charge in [-0.05, 0) is 31.5 Å². The topological polar surface area (TPSA) is 38.3 Å². The lowest BCUT2D eigenvalue weighted by atomic mass is 10.1. The maximum absolute atomic E-state index is 11.7. The van der Waals surface area contributed by atoms with Gasteiger partial charge in [-0.25, -0.2) is 4.79 Å². The number of unbranched alkanes of at least 4 members (excludes halogenated alkanes) is 2. The lowest BCUT2D eigenvalue weighted by molar-refractivity contribution is 0.0602. The third-order valence-electron chi connectivity index (χ3n) is 3.03. The Morgan fingerprint density at radius 3 is 2.79 bits per heavy atom. The average molecular weight is 284 g/mol. The summed E-state index contributed by atoms with van der Waals surface area (Å²) in [6.07, 6.45) is 4.68. The van der Waals surface area contributed by atoms with E-state index >= 15 is 0 Å².